The predicted molar refractivity (Wildman–Crippen MR) is 164 cm³/mol. The van der Waals surface area contributed by atoms with Crippen LogP contribution in [0.5, 0.6) is 0 Å². The Hall–Kier alpha value is -3.49. The maximum atomic E-state index is 13.6. The van der Waals surface area contributed by atoms with E-state index in [-0.39, 0.29) is 23.0 Å². The summed E-state index contributed by atoms with van der Waals surface area (Å²) in [6.07, 6.45) is -3.04. The molecule has 1 unspecified atom stereocenters. The molecule has 0 bridgehead atoms. The summed E-state index contributed by atoms with van der Waals surface area (Å²) in [6.45, 7) is 3.45. The van der Waals surface area contributed by atoms with E-state index in [2.05, 4.69) is 0 Å². The standard InChI is InChI=1S/C29H25ClN2O8S3/c1-13(33)37-12-19-24(38-14(2)34)25(39-15(3)35)28(40-19)43-29-21(27-32-18-6-4-5-7-20(18)41-27)22(31)26(42-29)23(36)16-8-10-17(30)11-9-16/h4-11,19,24-25,28H,12,31H2,1-3H3/t19-,24-,25+,28?/m1/s1. The summed E-state index contributed by atoms with van der Waals surface area (Å²) in [5, 5.41) is 1.07. The fourth-order valence-corrected chi connectivity index (χ4v) is 8.47. The number of ether oxygens (including phenoxy) is 4. The largest absolute Gasteiger partial charge is 0.463 e. The number of nitrogens with zero attached hydrogens (tertiary/aromatic N) is 1. The van der Waals surface area contributed by atoms with E-state index in [9.17, 15) is 19.2 Å². The number of hydrogen-bond acceptors (Lipinski definition) is 13. The molecule has 1 aliphatic rings. The molecule has 0 spiro atoms. The zero-order valence-electron chi connectivity index (χ0n) is 23.0. The summed E-state index contributed by atoms with van der Waals surface area (Å²) in [4.78, 5) is 54.3. The number of aromatic nitrogens is 1. The first kappa shape index (κ1) is 31.0. The molecule has 43 heavy (non-hydrogen) atoms. The molecule has 1 fully saturated rings. The van der Waals surface area contributed by atoms with Crippen LogP contribution in [0.15, 0.2) is 52.7 Å². The fourth-order valence-electron chi connectivity index (χ4n) is 4.46. The van der Waals surface area contributed by atoms with Crippen LogP contribution in [0.2, 0.25) is 5.02 Å². The molecular formula is C29H25ClN2O8S3. The number of anilines is 1. The Morgan fingerprint density at radius 3 is 2.28 bits per heavy atom. The molecule has 0 radical (unpaired) electrons. The molecular weight excluding hydrogens is 636 g/mol. The number of thioether (sulfide) groups is 1. The van der Waals surface area contributed by atoms with Crippen molar-refractivity contribution in [3.8, 4) is 10.6 Å². The number of benzene rings is 2. The van der Waals surface area contributed by atoms with E-state index in [0.29, 0.717) is 25.4 Å². The highest BCUT2D eigenvalue weighted by molar-refractivity contribution is 8.01. The molecule has 10 nitrogen and oxygen atoms in total. The van der Waals surface area contributed by atoms with Crippen molar-refractivity contribution in [2.45, 2.75) is 48.7 Å². The monoisotopic (exact) mass is 660 g/mol. The summed E-state index contributed by atoms with van der Waals surface area (Å²) < 4.78 is 23.9. The molecule has 3 heterocycles. The lowest BCUT2D eigenvalue weighted by molar-refractivity contribution is -0.165. The normalized spacial score (nSPS) is 19.7. The average molecular weight is 661 g/mol. The lowest BCUT2D eigenvalue weighted by Crippen LogP contribution is -2.40. The quantitative estimate of drug-likeness (QED) is 0.133. The predicted octanol–water partition coefficient (Wildman–Crippen LogP) is 5.73. The van der Waals surface area contributed by atoms with Crippen LogP contribution < -0.4 is 5.73 Å². The Kier molecular flexibility index (Phi) is 9.37. The van der Waals surface area contributed by atoms with Gasteiger partial charge in [0.2, 0.25) is 5.78 Å². The number of nitrogens with two attached hydrogens (primary N) is 1. The first-order chi connectivity index (χ1) is 20.5. The molecule has 4 aromatic rings. The van der Waals surface area contributed by atoms with Gasteiger partial charge in [-0.15, -0.1) is 22.7 Å². The van der Waals surface area contributed by atoms with E-state index in [1.807, 2.05) is 24.3 Å². The van der Waals surface area contributed by atoms with Gasteiger partial charge in [0.05, 0.1) is 30.6 Å². The number of hydrogen-bond donors (Lipinski definition) is 1. The highest BCUT2D eigenvalue weighted by atomic mass is 35.5. The van der Waals surface area contributed by atoms with E-state index in [4.69, 9.17) is 41.3 Å². The molecule has 5 rings (SSSR count). The van der Waals surface area contributed by atoms with Crippen molar-refractivity contribution in [2.75, 3.05) is 12.3 Å². The van der Waals surface area contributed by atoms with Crippen molar-refractivity contribution in [3.05, 3.63) is 64.0 Å². The van der Waals surface area contributed by atoms with Crippen molar-refractivity contribution in [2.24, 2.45) is 0 Å². The van der Waals surface area contributed by atoms with Gasteiger partial charge < -0.3 is 24.7 Å². The third-order valence-corrected chi connectivity index (χ3v) is 10.2. The SMILES string of the molecule is CC(=O)OC[C@H]1OC(Sc2sc(C(=O)c3ccc(Cl)cc3)c(N)c2-c2nc3ccccc3s2)[C@@H](OC(C)=O)[C@@H]1OC(C)=O. The molecule has 224 valence electrons. The minimum atomic E-state index is -1.06. The number of carbonyl (C=O) groups excluding carboxylic acids is 4. The maximum Gasteiger partial charge on any atom is 0.303 e. The van der Waals surface area contributed by atoms with Gasteiger partial charge in [-0.05, 0) is 36.4 Å². The number of ketones is 1. The van der Waals surface area contributed by atoms with Crippen molar-refractivity contribution in [1.82, 2.24) is 4.98 Å². The van der Waals surface area contributed by atoms with Gasteiger partial charge in [0.15, 0.2) is 12.2 Å². The Morgan fingerprint density at radius 2 is 1.63 bits per heavy atom. The van der Waals surface area contributed by atoms with Gasteiger partial charge in [-0.2, -0.15) is 0 Å². The molecule has 2 aromatic heterocycles. The van der Waals surface area contributed by atoms with Gasteiger partial charge in [-0.25, -0.2) is 4.98 Å². The maximum absolute atomic E-state index is 13.6. The first-order valence-corrected chi connectivity index (χ1v) is 15.8. The zero-order chi connectivity index (χ0) is 30.8. The molecule has 2 aromatic carbocycles. The van der Waals surface area contributed by atoms with Gasteiger partial charge in [0.25, 0.3) is 0 Å². The summed E-state index contributed by atoms with van der Waals surface area (Å²) in [5.74, 6) is -2.11. The van der Waals surface area contributed by atoms with E-state index in [0.717, 1.165) is 33.3 Å². The number of esters is 3. The fraction of sp³-hybridized carbons (Fsp3) is 0.276. The van der Waals surface area contributed by atoms with Crippen LogP contribution >= 0.6 is 46.0 Å². The Bertz CT molecular complexity index is 1670. The van der Waals surface area contributed by atoms with Crippen LogP contribution in [-0.2, 0) is 33.3 Å². The second-order valence-electron chi connectivity index (χ2n) is 9.44. The zero-order valence-corrected chi connectivity index (χ0v) is 26.2. The molecule has 0 saturated carbocycles. The van der Waals surface area contributed by atoms with E-state index < -0.39 is 41.7 Å². The highest BCUT2D eigenvalue weighted by Crippen LogP contribution is 2.50. The van der Waals surface area contributed by atoms with E-state index in [1.54, 1.807) is 24.3 Å². The summed E-state index contributed by atoms with van der Waals surface area (Å²) in [5.41, 5.74) is 7.70. The molecule has 0 amide bonds. The lowest BCUT2D eigenvalue weighted by atomic mass is 10.1. The van der Waals surface area contributed by atoms with Gasteiger partial charge in [-0.3, -0.25) is 19.2 Å². The third kappa shape index (κ3) is 6.86. The van der Waals surface area contributed by atoms with Crippen molar-refractivity contribution < 1.29 is 38.1 Å². The molecule has 0 aliphatic carbocycles. The molecule has 14 heteroatoms. The van der Waals surface area contributed by atoms with Crippen molar-refractivity contribution in [1.29, 1.82) is 0 Å². The highest BCUT2D eigenvalue weighted by Gasteiger charge is 2.50. The third-order valence-electron chi connectivity index (χ3n) is 6.28. The number of halogens is 1. The van der Waals surface area contributed by atoms with Gasteiger partial charge >= 0.3 is 17.9 Å². The van der Waals surface area contributed by atoms with Gasteiger partial charge in [-0.1, -0.05) is 35.5 Å². The minimum Gasteiger partial charge on any atom is -0.463 e. The topological polar surface area (TPSA) is 144 Å². The second kappa shape index (κ2) is 13.0. The van der Waals surface area contributed by atoms with Crippen molar-refractivity contribution in [3.63, 3.8) is 0 Å². The van der Waals surface area contributed by atoms with Crippen LogP contribution in [-0.4, -0.2) is 59.0 Å². The van der Waals surface area contributed by atoms with Crippen LogP contribution in [0, 0.1) is 0 Å². The number of thiophene rings is 1. The van der Waals surface area contributed by atoms with Gasteiger partial charge in [0.1, 0.15) is 23.2 Å². The van der Waals surface area contributed by atoms with Gasteiger partial charge in [0, 0.05) is 31.4 Å². The molecule has 2 N–H and O–H groups in total. The number of carbonyl (C=O) groups is 4. The second-order valence-corrected chi connectivity index (χ2v) is 13.3. The van der Waals surface area contributed by atoms with Crippen LogP contribution in [0.1, 0.15) is 36.0 Å². The van der Waals surface area contributed by atoms with Crippen molar-refractivity contribution >= 4 is 85.6 Å². The lowest BCUT2D eigenvalue weighted by Gasteiger charge is -2.23. The number of fused-ring (bicyclic) bond motifs is 1. The van der Waals surface area contributed by atoms with Crippen LogP contribution in [0.3, 0.4) is 0 Å². The number of thiazole rings is 1. The molecule has 1 saturated heterocycles. The Morgan fingerprint density at radius 1 is 0.953 bits per heavy atom. The summed E-state index contributed by atoms with van der Waals surface area (Å²) in [6, 6.07) is 14.1. The first-order valence-electron chi connectivity index (χ1n) is 12.9. The number of rotatable bonds is 9. The summed E-state index contributed by atoms with van der Waals surface area (Å²) >= 11 is 9.74. The van der Waals surface area contributed by atoms with Crippen LogP contribution in [0.25, 0.3) is 20.8 Å². The van der Waals surface area contributed by atoms with E-state index in [1.165, 1.54) is 32.1 Å². The summed E-state index contributed by atoms with van der Waals surface area (Å²) in [7, 11) is 0. The average Bonchev–Trinajstić information content (AvgIpc) is 3.61. The number of nitrogen functional groups attached to an aromatic ring is 1. The molecule has 1 aliphatic heterocycles. The number of para-hydroxylation sites is 1. The Labute approximate surface area is 263 Å². The minimum absolute atomic E-state index is 0.236. The Balaban J connectivity index is 1.58. The molecule has 4 atom stereocenters. The smallest absolute Gasteiger partial charge is 0.303 e. The van der Waals surface area contributed by atoms with Crippen LogP contribution in [0.4, 0.5) is 5.69 Å². The van der Waals surface area contributed by atoms with E-state index >= 15 is 0 Å².